The minimum atomic E-state index is 0.712. The van der Waals surface area contributed by atoms with Crippen LogP contribution in [0, 0.1) is 0 Å². The van der Waals surface area contributed by atoms with Crippen molar-refractivity contribution in [3.63, 3.8) is 0 Å². The van der Waals surface area contributed by atoms with Gasteiger partial charge in [-0.3, -0.25) is 0 Å². The Balaban J connectivity index is 2.76. The van der Waals surface area contributed by atoms with Gasteiger partial charge < -0.3 is 21.7 Å². The summed E-state index contributed by atoms with van der Waals surface area (Å²) in [4.78, 5) is 0. The van der Waals surface area contributed by atoms with Crippen LogP contribution in [0.3, 0.4) is 0 Å². The predicted octanol–water partition coefficient (Wildman–Crippen LogP) is -1.36. The summed E-state index contributed by atoms with van der Waals surface area (Å²) in [6.07, 6.45) is 0. The fraction of sp³-hybridized carbons (Fsp3) is 1.00. The summed E-state index contributed by atoms with van der Waals surface area (Å²) >= 11 is 4.10. The highest BCUT2D eigenvalue weighted by Crippen LogP contribution is 1.67. The topological polar surface area (TPSA) is 62.1 Å². The first kappa shape index (κ1) is 13.2. The maximum Gasteiger partial charge on any atom is 0.00772 e. The maximum absolute atomic E-state index is 5.32. The van der Waals surface area contributed by atoms with Crippen LogP contribution < -0.4 is 21.7 Å². The largest absolute Gasteiger partial charge is 0.329 e. The fourth-order valence-electron chi connectivity index (χ4n) is 0.910. The maximum atomic E-state index is 5.32. The minimum Gasteiger partial charge on any atom is -0.329 e. The summed E-state index contributed by atoms with van der Waals surface area (Å²) in [5.41, 5.74) is 5.32. The van der Waals surface area contributed by atoms with Crippen molar-refractivity contribution >= 4 is 12.6 Å². The Bertz CT molecular complexity index is 82.2. The van der Waals surface area contributed by atoms with Crippen LogP contribution in [0.25, 0.3) is 0 Å². The highest BCUT2D eigenvalue weighted by atomic mass is 32.1. The number of hydrogen-bond donors (Lipinski definition) is 5. The molecule has 80 valence electrons. The Kier molecular flexibility index (Phi) is 12.4. The molecule has 0 radical (unpaired) electrons. The van der Waals surface area contributed by atoms with Gasteiger partial charge in [-0.2, -0.15) is 12.6 Å². The van der Waals surface area contributed by atoms with Gasteiger partial charge >= 0.3 is 0 Å². The second-order valence-electron chi connectivity index (χ2n) is 2.76. The SMILES string of the molecule is NCCNCCNCCNCCS. The van der Waals surface area contributed by atoms with Crippen molar-refractivity contribution in [2.45, 2.75) is 0 Å². The second-order valence-corrected chi connectivity index (χ2v) is 3.21. The molecule has 13 heavy (non-hydrogen) atoms. The van der Waals surface area contributed by atoms with Crippen molar-refractivity contribution in [3.05, 3.63) is 0 Å². The molecule has 0 atom stereocenters. The lowest BCUT2D eigenvalue weighted by Crippen LogP contribution is -2.34. The molecular formula is C8H22N4S. The molecule has 0 aliphatic rings. The first-order chi connectivity index (χ1) is 6.41. The Labute approximate surface area is 86.4 Å². The van der Waals surface area contributed by atoms with E-state index in [0.717, 1.165) is 45.0 Å². The zero-order valence-corrected chi connectivity index (χ0v) is 9.08. The van der Waals surface area contributed by atoms with E-state index < -0.39 is 0 Å². The number of rotatable bonds is 10. The molecule has 0 rings (SSSR count). The first-order valence-electron chi connectivity index (χ1n) is 4.85. The van der Waals surface area contributed by atoms with E-state index in [0.29, 0.717) is 6.54 Å². The average Bonchev–Trinajstić information content (AvgIpc) is 2.16. The van der Waals surface area contributed by atoms with E-state index >= 15 is 0 Å². The van der Waals surface area contributed by atoms with Gasteiger partial charge in [-0.25, -0.2) is 0 Å². The van der Waals surface area contributed by atoms with Gasteiger partial charge in [-0.1, -0.05) is 0 Å². The summed E-state index contributed by atoms with van der Waals surface area (Å²) in [5, 5.41) is 9.79. The molecule has 0 spiro atoms. The third-order valence-corrected chi connectivity index (χ3v) is 1.79. The van der Waals surface area contributed by atoms with Gasteiger partial charge in [0.25, 0.3) is 0 Å². The normalized spacial score (nSPS) is 10.6. The average molecular weight is 206 g/mol. The number of nitrogens with one attached hydrogen (secondary N) is 3. The van der Waals surface area contributed by atoms with Gasteiger partial charge in [0, 0.05) is 51.6 Å². The van der Waals surface area contributed by atoms with Gasteiger partial charge in [-0.15, -0.1) is 0 Å². The molecule has 0 fully saturated rings. The van der Waals surface area contributed by atoms with Crippen molar-refractivity contribution < 1.29 is 0 Å². The number of thiol groups is 1. The zero-order valence-electron chi connectivity index (χ0n) is 8.18. The summed E-state index contributed by atoms with van der Waals surface area (Å²) in [6.45, 7) is 6.61. The molecule has 0 aromatic carbocycles. The molecule has 4 nitrogen and oxygen atoms in total. The first-order valence-corrected chi connectivity index (χ1v) is 5.48. The fourth-order valence-corrected chi connectivity index (χ4v) is 1.07. The Morgan fingerprint density at radius 1 is 0.769 bits per heavy atom. The number of hydrogen-bond acceptors (Lipinski definition) is 5. The van der Waals surface area contributed by atoms with Gasteiger partial charge in [0.15, 0.2) is 0 Å². The lowest BCUT2D eigenvalue weighted by atomic mass is 10.5. The molecule has 0 unspecified atom stereocenters. The molecule has 0 saturated heterocycles. The summed E-state index contributed by atoms with van der Waals surface area (Å²) in [7, 11) is 0. The summed E-state index contributed by atoms with van der Waals surface area (Å²) < 4.78 is 0. The van der Waals surface area contributed by atoms with Crippen LogP contribution in [-0.4, -0.2) is 51.6 Å². The summed E-state index contributed by atoms with van der Waals surface area (Å²) in [6, 6.07) is 0. The van der Waals surface area contributed by atoms with Crippen molar-refractivity contribution in [1.82, 2.24) is 16.0 Å². The van der Waals surface area contributed by atoms with E-state index in [1.807, 2.05) is 0 Å². The van der Waals surface area contributed by atoms with Crippen molar-refractivity contribution in [2.24, 2.45) is 5.73 Å². The van der Waals surface area contributed by atoms with Gasteiger partial charge in [0.1, 0.15) is 0 Å². The molecule has 0 bridgehead atoms. The van der Waals surface area contributed by atoms with Crippen LogP contribution in [0.1, 0.15) is 0 Å². The lowest BCUT2D eigenvalue weighted by molar-refractivity contribution is 0.591. The third-order valence-electron chi connectivity index (χ3n) is 1.57. The molecule has 0 amide bonds. The Hall–Kier alpha value is 0.190. The third kappa shape index (κ3) is 12.2. The molecule has 0 heterocycles. The lowest BCUT2D eigenvalue weighted by Gasteiger charge is -2.06. The quantitative estimate of drug-likeness (QED) is 0.226. The molecule has 0 aromatic rings. The molecular weight excluding hydrogens is 184 g/mol. The molecule has 0 aliphatic carbocycles. The van der Waals surface area contributed by atoms with Crippen molar-refractivity contribution in [1.29, 1.82) is 0 Å². The van der Waals surface area contributed by atoms with Crippen LogP contribution in [0.15, 0.2) is 0 Å². The molecule has 0 aromatic heterocycles. The van der Waals surface area contributed by atoms with Gasteiger partial charge in [0.05, 0.1) is 0 Å². The van der Waals surface area contributed by atoms with Gasteiger partial charge in [0.2, 0.25) is 0 Å². The molecule has 5 heteroatoms. The van der Waals surface area contributed by atoms with Crippen LogP contribution in [0.2, 0.25) is 0 Å². The van der Waals surface area contributed by atoms with Gasteiger partial charge in [-0.05, 0) is 0 Å². The van der Waals surface area contributed by atoms with Crippen LogP contribution >= 0.6 is 12.6 Å². The van der Waals surface area contributed by atoms with E-state index in [1.165, 1.54) is 0 Å². The molecule has 5 N–H and O–H groups in total. The monoisotopic (exact) mass is 206 g/mol. The minimum absolute atomic E-state index is 0.712. The molecule has 0 aliphatic heterocycles. The Morgan fingerprint density at radius 3 is 1.69 bits per heavy atom. The standard InChI is InChI=1S/C8H22N4S/c9-1-2-10-3-4-11-5-6-12-7-8-13/h10-13H,1-9H2. The van der Waals surface area contributed by atoms with E-state index in [1.54, 1.807) is 0 Å². The van der Waals surface area contributed by atoms with E-state index in [4.69, 9.17) is 5.73 Å². The van der Waals surface area contributed by atoms with E-state index in [-0.39, 0.29) is 0 Å². The van der Waals surface area contributed by atoms with E-state index in [9.17, 15) is 0 Å². The second kappa shape index (κ2) is 12.2. The highest BCUT2D eigenvalue weighted by molar-refractivity contribution is 7.80. The Morgan fingerprint density at radius 2 is 1.23 bits per heavy atom. The molecule has 0 saturated carbocycles. The van der Waals surface area contributed by atoms with Crippen LogP contribution in [0.4, 0.5) is 0 Å². The van der Waals surface area contributed by atoms with Crippen LogP contribution in [0.5, 0.6) is 0 Å². The van der Waals surface area contributed by atoms with E-state index in [2.05, 4.69) is 28.6 Å². The smallest absolute Gasteiger partial charge is 0.00772 e. The summed E-state index contributed by atoms with van der Waals surface area (Å²) in [5.74, 6) is 0.901. The van der Waals surface area contributed by atoms with Crippen LogP contribution in [-0.2, 0) is 0 Å². The van der Waals surface area contributed by atoms with Crippen molar-refractivity contribution in [2.75, 3.05) is 51.6 Å². The zero-order chi connectivity index (χ0) is 9.78. The van der Waals surface area contributed by atoms with Crippen molar-refractivity contribution in [3.8, 4) is 0 Å². The number of nitrogens with two attached hydrogens (primary N) is 1. The predicted molar refractivity (Wildman–Crippen MR) is 61.5 cm³/mol. The highest BCUT2D eigenvalue weighted by Gasteiger charge is 1.87.